The van der Waals surface area contributed by atoms with Gasteiger partial charge in [-0.05, 0) is 43.1 Å². The summed E-state index contributed by atoms with van der Waals surface area (Å²) in [6, 6.07) is 7.63. The van der Waals surface area contributed by atoms with Crippen LogP contribution in [-0.4, -0.2) is 38.7 Å². The standard InChI is InChI=1S/C26H23F6N7O/c27-25(28,29)17-8-16(9-18(10-17)26(30,31)32)24(40)35-11-14-3-5-15(6-4-14)21-20-22(33)36-13-37-23(20)39(38-21)19-2-1-7-34-12-19/h3-6,8-10,13,19,34H,1-2,7,11-12H2,(H,35,40)(H2,33,36,37)/t19-/m1/s1. The second-order valence-corrected chi connectivity index (χ2v) is 9.43. The summed E-state index contributed by atoms with van der Waals surface area (Å²) in [5.41, 5.74) is 4.73. The van der Waals surface area contributed by atoms with Gasteiger partial charge in [0.1, 0.15) is 17.8 Å². The van der Waals surface area contributed by atoms with Crippen LogP contribution in [0.25, 0.3) is 22.3 Å². The molecule has 0 radical (unpaired) electrons. The highest BCUT2D eigenvalue weighted by atomic mass is 19.4. The Balaban J connectivity index is 1.37. The summed E-state index contributed by atoms with van der Waals surface area (Å²) in [5.74, 6) is -0.804. The fourth-order valence-electron chi connectivity index (χ4n) is 4.65. The van der Waals surface area contributed by atoms with E-state index in [-0.39, 0.29) is 24.5 Å². The Bertz CT molecular complexity index is 1510. The zero-order valence-electron chi connectivity index (χ0n) is 20.8. The number of carbonyl (C=O) groups is 1. The van der Waals surface area contributed by atoms with Gasteiger partial charge in [0.15, 0.2) is 5.65 Å². The fourth-order valence-corrected chi connectivity index (χ4v) is 4.65. The third-order valence-corrected chi connectivity index (χ3v) is 6.67. The first-order valence-electron chi connectivity index (χ1n) is 12.3. The minimum atomic E-state index is -5.05. The Labute approximate surface area is 223 Å². The maximum atomic E-state index is 13.1. The predicted molar refractivity (Wildman–Crippen MR) is 134 cm³/mol. The van der Waals surface area contributed by atoms with Gasteiger partial charge in [-0.25, -0.2) is 14.6 Å². The van der Waals surface area contributed by atoms with Crippen molar-refractivity contribution in [3.8, 4) is 11.3 Å². The SMILES string of the molecule is Nc1ncnc2c1c(-c1ccc(CNC(=O)c3cc(C(F)(F)F)cc(C(F)(F)F)c3)cc1)nn2[C@@H]1CCCNC1. The molecule has 4 aromatic rings. The molecule has 0 saturated carbocycles. The first-order chi connectivity index (χ1) is 18.9. The van der Waals surface area contributed by atoms with E-state index in [1.807, 2.05) is 4.68 Å². The topological polar surface area (TPSA) is 111 Å². The number of fused-ring (bicyclic) bond motifs is 1. The fraction of sp³-hybridized carbons (Fsp3) is 0.308. The largest absolute Gasteiger partial charge is 0.416 e. The van der Waals surface area contributed by atoms with Gasteiger partial charge >= 0.3 is 12.4 Å². The van der Waals surface area contributed by atoms with E-state index in [0.717, 1.165) is 25.9 Å². The highest BCUT2D eigenvalue weighted by Crippen LogP contribution is 2.36. The van der Waals surface area contributed by atoms with E-state index in [1.165, 1.54) is 6.33 Å². The quantitative estimate of drug-likeness (QED) is 0.296. The van der Waals surface area contributed by atoms with Gasteiger partial charge in [-0.15, -0.1) is 0 Å². The Hall–Kier alpha value is -4.20. The second-order valence-electron chi connectivity index (χ2n) is 9.43. The van der Waals surface area contributed by atoms with Crippen LogP contribution in [0.2, 0.25) is 0 Å². The molecule has 0 spiro atoms. The lowest BCUT2D eigenvalue weighted by Crippen LogP contribution is -2.32. The molecule has 3 heterocycles. The van der Waals surface area contributed by atoms with E-state index in [2.05, 4.69) is 20.6 Å². The molecule has 1 aliphatic rings. The number of alkyl halides is 6. The lowest BCUT2D eigenvalue weighted by molar-refractivity contribution is -0.143. The van der Waals surface area contributed by atoms with E-state index in [9.17, 15) is 31.1 Å². The third-order valence-electron chi connectivity index (χ3n) is 6.67. The molecule has 1 saturated heterocycles. The number of amides is 1. The molecule has 1 atom stereocenters. The van der Waals surface area contributed by atoms with Crippen molar-refractivity contribution in [3.63, 3.8) is 0 Å². The van der Waals surface area contributed by atoms with Crippen LogP contribution in [0.15, 0.2) is 48.8 Å². The minimum absolute atomic E-state index is 0.0247. The van der Waals surface area contributed by atoms with Gasteiger partial charge in [-0.1, -0.05) is 24.3 Å². The highest BCUT2D eigenvalue weighted by Gasteiger charge is 2.37. The van der Waals surface area contributed by atoms with Crippen molar-refractivity contribution in [1.29, 1.82) is 0 Å². The number of nitrogens with zero attached hydrogens (tertiary/aromatic N) is 4. The van der Waals surface area contributed by atoms with Crippen LogP contribution in [0.5, 0.6) is 0 Å². The normalized spacial score (nSPS) is 16.3. The van der Waals surface area contributed by atoms with E-state index >= 15 is 0 Å². The van der Waals surface area contributed by atoms with Crippen molar-refractivity contribution in [3.05, 3.63) is 71.0 Å². The monoisotopic (exact) mass is 563 g/mol. The average Bonchev–Trinajstić information content (AvgIpc) is 3.32. The minimum Gasteiger partial charge on any atom is -0.383 e. The molecule has 0 aliphatic carbocycles. The van der Waals surface area contributed by atoms with Crippen LogP contribution in [0.3, 0.4) is 0 Å². The zero-order valence-corrected chi connectivity index (χ0v) is 20.8. The Morgan fingerprint density at radius 3 is 2.30 bits per heavy atom. The average molecular weight is 564 g/mol. The van der Waals surface area contributed by atoms with Crippen molar-refractivity contribution in [2.24, 2.45) is 0 Å². The maximum Gasteiger partial charge on any atom is 0.416 e. The van der Waals surface area contributed by atoms with Gasteiger partial charge in [0.25, 0.3) is 5.91 Å². The first-order valence-corrected chi connectivity index (χ1v) is 12.3. The van der Waals surface area contributed by atoms with Gasteiger partial charge in [-0.3, -0.25) is 4.79 Å². The number of nitrogens with one attached hydrogen (secondary N) is 2. The number of piperidine rings is 1. The molecule has 1 amide bonds. The Kier molecular flexibility index (Phi) is 7.12. The molecule has 0 unspecified atom stereocenters. The number of hydrogen-bond donors (Lipinski definition) is 3. The van der Waals surface area contributed by atoms with Gasteiger partial charge < -0.3 is 16.4 Å². The zero-order chi connectivity index (χ0) is 28.7. The molecule has 14 heteroatoms. The van der Waals surface area contributed by atoms with Crippen molar-refractivity contribution >= 4 is 22.8 Å². The molecule has 2 aromatic carbocycles. The van der Waals surface area contributed by atoms with Crippen LogP contribution in [0, 0.1) is 0 Å². The van der Waals surface area contributed by atoms with Crippen LogP contribution in [0.1, 0.15) is 45.9 Å². The van der Waals surface area contributed by atoms with E-state index in [4.69, 9.17) is 10.8 Å². The molecule has 1 aliphatic heterocycles. The number of carbonyl (C=O) groups excluding carboxylic acids is 1. The molecule has 210 valence electrons. The number of nitrogen functional groups attached to an aromatic ring is 1. The van der Waals surface area contributed by atoms with Crippen LogP contribution in [-0.2, 0) is 18.9 Å². The number of rotatable bonds is 5. The van der Waals surface area contributed by atoms with Gasteiger partial charge in [0.05, 0.1) is 22.6 Å². The number of benzene rings is 2. The van der Waals surface area contributed by atoms with Crippen molar-refractivity contribution in [2.75, 3.05) is 18.8 Å². The van der Waals surface area contributed by atoms with Gasteiger partial charge in [0, 0.05) is 24.2 Å². The third kappa shape index (κ3) is 5.57. The van der Waals surface area contributed by atoms with Crippen LogP contribution >= 0.6 is 0 Å². The van der Waals surface area contributed by atoms with E-state index < -0.39 is 35.0 Å². The second kappa shape index (κ2) is 10.4. The Morgan fingerprint density at radius 1 is 1.02 bits per heavy atom. The molecule has 4 N–H and O–H groups in total. The van der Waals surface area contributed by atoms with E-state index in [1.54, 1.807) is 24.3 Å². The number of anilines is 1. The first kappa shape index (κ1) is 27.4. The lowest BCUT2D eigenvalue weighted by atomic mass is 10.0. The van der Waals surface area contributed by atoms with Crippen molar-refractivity contribution in [2.45, 2.75) is 37.8 Å². The van der Waals surface area contributed by atoms with Crippen LogP contribution in [0.4, 0.5) is 32.2 Å². The molecular weight excluding hydrogens is 540 g/mol. The highest BCUT2D eigenvalue weighted by molar-refractivity contribution is 5.98. The summed E-state index contributed by atoms with van der Waals surface area (Å²) in [7, 11) is 0. The van der Waals surface area contributed by atoms with Gasteiger partial charge in [-0.2, -0.15) is 31.4 Å². The summed E-state index contributed by atoms with van der Waals surface area (Å²) < 4.78 is 80.6. The number of nitrogens with two attached hydrogens (primary N) is 1. The van der Waals surface area contributed by atoms with Crippen molar-refractivity contribution in [1.82, 2.24) is 30.4 Å². The molecule has 40 heavy (non-hydrogen) atoms. The lowest BCUT2D eigenvalue weighted by Gasteiger charge is -2.23. The molecule has 5 rings (SSSR count). The summed E-state index contributed by atoms with van der Waals surface area (Å²) in [6.45, 7) is 1.52. The van der Waals surface area contributed by atoms with E-state index in [0.29, 0.717) is 40.0 Å². The molecule has 2 aromatic heterocycles. The summed E-state index contributed by atoms with van der Waals surface area (Å²) in [4.78, 5) is 21.0. The smallest absolute Gasteiger partial charge is 0.383 e. The Morgan fingerprint density at radius 2 is 1.70 bits per heavy atom. The molecule has 1 fully saturated rings. The maximum absolute atomic E-state index is 13.1. The summed E-state index contributed by atoms with van der Waals surface area (Å²) in [6.07, 6.45) is -6.82. The molecule has 0 bridgehead atoms. The number of aromatic nitrogens is 4. The van der Waals surface area contributed by atoms with Crippen molar-refractivity contribution < 1.29 is 31.1 Å². The summed E-state index contributed by atoms with van der Waals surface area (Å²) >= 11 is 0. The molecular formula is C26H23F6N7O. The number of halogens is 6. The number of hydrogen-bond acceptors (Lipinski definition) is 6. The van der Waals surface area contributed by atoms with Crippen LogP contribution < -0.4 is 16.4 Å². The summed E-state index contributed by atoms with van der Waals surface area (Å²) in [5, 5.41) is 11.1. The van der Waals surface area contributed by atoms with Gasteiger partial charge in [0.2, 0.25) is 0 Å². The molecule has 8 nitrogen and oxygen atoms in total. The predicted octanol–water partition coefficient (Wildman–Crippen LogP) is 4.97.